The molecule has 0 aliphatic carbocycles. The Morgan fingerprint density at radius 2 is 2.17 bits per heavy atom. The van der Waals surface area contributed by atoms with Crippen LogP contribution >= 0.6 is 11.3 Å². The molecule has 130 valence electrons. The number of carbonyl (C=O) groups is 1. The summed E-state index contributed by atoms with van der Waals surface area (Å²) < 4.78 is 10.9. The molecule has 0 N–H and O–H groups in total. The number of hydrogen-bond donors (Lipinski definition) is 0. The maximum Gasteiger partial charge on any atom is 0.169 e. The van der Waals surface area contributed by atoms with Gasteiger partial charge in [-0.1, -0.05) is 0 Å². The van der Waals surface area contributed by atoms with Crippen LogP contribution in [0, 0.1) is 0 Å². The Balaban J connectivity index is 1.60. The average Bonchev–Trinajstić information content (AvgIpc) is 3.25. The smallest absolute Gasteiger partial charge is 0.169 e. The lowest BCUT2D eigenvalue weighted by molar-refractivity contribution is 0.0321. The van der Waals surface area contributed by atoms with Gasteiger partial charge < -0.3 is 9.15 Å². The average molecular weight is 348 g/mol. The lowest BCUT2D eigenvalue weighted by atomic mass is 10.2. The number of ether oxygens (including phenoxy) is 1. The van der Waals surface area contributed by atoms with Crippen molar-refractivity contribution in [3.05, 3.63) is 46.0 Å². The zero-order valence-corrected chi connectivity index (χ0v) is 14.9. The van der Waals surface area contributed by atoms with Crippen LogP contribution in [-0.2, 0) is 17.8 Å². The summed E-state index contributed by atoms with van der Waals surface area (Å²) in [5.41, 5.74) is 1.19. The molecule has 24 heavy (non-hydrogen) atoms. The molecule has 1 aliphatic heterocycles. The Hall–Kier alpha value is -1.47. The van der Waals surface area contributed by atoms with Gasteiger partial charge in [0.05, 0.1) is 30.9 Å². The molecule has 0 bridgehead atoms. The zero-order valence-electron chi connectivity index (χ0n) is 14.1. The second-order valence-corrected chi connectivity index (χ2v) is 7.03. The van der Waals surface area contributed by atoms with Gasteiger partial charge in [0.15, 0.2) is 5.78 Å². The van der Waals surface area contributed by atoms with E-state index in [-0.39, 0.29) is 5.78 Å². The van der Waals surface area contributed by atoms with Crippen LogP contribution in [0.25, 0.3) is 0 Å². The van der Waals surface area contributed by atoms with Gasteiger partial charge >= 0.3 is 0 Å². The largest absolute Gasteiger partial charge is 0.468 e. The summed E-state index contributed by atoms with van der Waals surface area (Å²) >= 11 is 1.53. The first-order chi connectivity index (χ1) is 11.7. The third-order valence-corrected chi connectivity index (χ3v) is 5.28. The van der Waals surface area contributed by atoms with Crippen LogP contribution < -0.4 is 0 Å². The Bertz CT molecular complexity index is 632. The van der Waals surface area contributed by atoms with Crippen molar-refractivity contribution >= 4 is 17.1 Å². The molecule has 3 heterocycles. The highest BCUT2D eigenvalue weighted by molar-refractivity contribution is 7.12. The van der Waals surface area contributed by atoms with E-state index in [4.69, 9.17) is 9.15 Å². The van der Waals surface area contributed by atoms with Crippen molar-refractivity contribution in [3.63, 3.8) is 0 Å². The van der Waals surface area contributed by atoms with Gasteiger partial charge in [-0.05, 0) is 36.1 Å². The lowest BCUT2D eigenvalue weighted by Crippen LogP contribution is -2.41. The normalized spacial score (nSPS) is 15.9. The third kappa shape index (κ3) is 5.01. The summed E-state index contributed by atoms with van der Waals surface area (Å²) in [6.45, 7) is 8.87. The number of hydrogen-bond acceptors (Lipinski definition) is 6. The highest BCUT2D eigenvalue weighted by Crippen LogP contribution is 2.18. The van der Waals surface area contributed by atoms with E-state index in [9.17, 15) is 4.79 Å². The van der Waals surface area contributed by atoms with Crippen LogP contribution in [0.4, 0.5) is 0 Å². The van der Waals surface area contributed by atoms with Crippen molar-refractivity contribution < 1.29 is 13.9 Å². The summed E-state index contributed by atoms with van der Waals surface area (Å²) in [4.78, 5) is 17.1. The Labute approximate surface area is 146 Å². The molecule has 1 aliphatic rings. The molecule has 5 nitrogen and oxygen atoms in total. The van der Waals surface area contributed by atoms with Crippen molar-refractivity contribution in [2.45, 2.75) is 20.0 Å². The number of nitrogens with zero attached hydrogens (tertiary/aromatic N) is 2. The Morgan fingerprint density at radius 3 is 2.83 bits per heavy atom. The molecule has 0 saturated carbocycles. The van der Waals surface area contributed by atoms with Gasteiger partial charge in [0.1, 0.15) is 5.76 Å². The van der Waals surface area contributed by atoms with E-state index < -0.39 is 0 Å². The molecule has 6 heteroatoms. The first-order valence-corrected chi connectivity index (χ1v) is 9.22. The number of morpholine rings is 1. The number of ketones is 1. The van der Waals surface area contributed by atoms with E-state index in [0.29, 0.717) is 0 Å². The fourth-order valence-corrected chi connectivity index (χ4v) is 3.65. The van der Waals surface area contributed by atoms with E-state index in [1.807, 2.05) is 18.2 Å². The highest BCUT2D eigenvalue weighted by Gasteiger charge is 2.15. The van der Waals surface area contributed by atoms with Crippen LogP contribution in [0.3, 0.4) is 0 Å². The molecule has 1 saturated heterocycles. The predicted octanol–water partition coefficient (Wildman–Crippen LogP) is 2.88. The van der Waals surface area contributed by atoms with Crippen LogP contribution in [0.15, 0.2) is 34.3 Å². The van der Waals surface area contributed by atoms with Crippen LogP contribution in [-0.4, -0.2) is 55.0 Å². The van der Waals surface area contributed by atoms with E-state index >= 15 is 0 Å². The fraction of sp³-hybridized carbons (Fsp3) is 0.500. The maximum absolute atomic E-state index is 11.5. The minimum absolute atomic E-state index is 0.136. The van der Waals surface area contributed by atoms with Gasteiger partial charge in [-0.2, -0.15) is 0 Å². The predicted molar refractivity (Wildman–Crippen MR) is 94.4 cm³/mol. The molecule has 0 atom stereocenters. The second-order valence-electron chi connectivity index (χ2n) is 6.12. The topological polar surface area (TPSA) is 45.9 Å². The molecule has 0 unspecified atom stereocenters. The van der Waals surface area contributed by atoms with Gasteiger partial charge in [0.2, 0.25) is 0 Å². The maximum atomic E-state index is 11.5. The van der Waals surface area contributed by atoms with Crippen molar-refractivity contribution in [2.75, 3.05) is 39.4 Å². The minimum Gasteiger partial charge on any atom is -0.468 e. The zero-order chi connectivity index (χ0) is 16.8. The van der Waals surface area contributed by atoms with E-state index in [1.165, 1.54) is 16.9 Å². The lowest BCUT2D eigenvalue weighted by Gasteiger charge is -2.29. The minimum atomic E-state index is 0.136. The number of carbonyl (C=O) groups excluding carboxylic acids is 1. The summed E-state index contributed by atoms with van der Waals surface area (Å²) in [6.07, 6.45) is 1.72. The van der Waals surface area contributed by atoms with Gasteiger partial charge in [-0.15, -0.1) is 11.3 Å². The molecule has 1 fully saturated rings. The fourth-order valence-electron chi connectivity index (χ4n) is 2.85. The van der Waals surface area contributed by atoms with Crippen LogP contribution in [0.5, 0.6) is 0 Å². The molecule has 0 radical (unpaired) electrons. The summed E-state index contributed by atoms with van der Waals surface area (Å²) in [5, 5.41) is 2.08. The molecule has 3 rings (SSSR count). The Kier molecular flexibility index (Phi) is 6.20. The monoisotopic (exact) mass is 348 g/mol. The van der Waals surface area contributed by atoms with Gasteiger partial charge in [0, 0.05) is 32.7 Å². The molecular weight excluding hydrogens is 324 g/mol. The number of furan rings is 1. The van der Waals surface area contributed by atoms with Crippen molar-refractivity contribution in [1.29, 1.82) is 0 Å². The highest BCUT2D eigenvalue weighted by atomic mass is 32.1. The molecule has 0 spiro atoms. The SMILES string of the molecule is CC(=O)c1cc(CN(CCN2CCOCC2)Cc2ccco2)cs1. The summed E-state index contributed by atoms with van der Waals surface area (Å²) in [6, 6.07) is 5.95. The molecule has 0 aromatic carbocycles. The van der Waals surface area contributed by atoms with Gasteiger partial charge in [-0.3, -0.25) is 14.6 Å². The Morgan fingerprint density at radius 1 is 1.33 bits per heavy atom. The summed E-state index contributed by atoms with van der Waals surface area (Å²) in [7, 11) is 0. The van der Waals surface area contributed by atoms with Crippen molar-refractivity contribution in [3.8, 4) is 0 Å². The van der Waals surface area contributed by atoms with Gasteiger partial charge in [-0.25, -0.2) is 0 Å². The number of thiophene rings is 1. The van der Waals surface area contributed by atoms with E-state index in [0.717, 1.165) is 63.1 Å². The summed E-state index contributed by atoms with van der Waals surface area (Å²) in [5.74, 6) is 1.11. The van der Waals surface area contributed by atoms with E-state index in [1.54, 1.807) is 13.2 Å². The first-order valence-electron chi connectivity index (χ1n) is 8.34. The molecule has 0 amide bonds. The van der Waals surface area contributed by atoms with E-state index in [2.05, 4.69) is 15.2 Å². The number of rotatable bonds is 8. The third-order valence-electron chi connectivity index (χ3n) is 4.20. The first kappa shape index (κ1) is 17.4. The number of Topliss-reactive ketones (excluding diaryl/α,β-unsaturated/α-hetero) is 1. The molecule has 2 aromatic heterocycles. The van der Waals surface area contributed by atoms with Gasteiger partial charge in [0.25, 0.3) is 0 Å². The second kappa shape index (κ2) is 8.58. The quantitative estimate of drug-likeness (QED) is 0.687. The molecule has 2 aromatic rings. The molecular formula is C18H24N2O3S. The standard InChI is InChI=1S/C18H24N2O3S/c1-15(21)18-11-16(14-24-18)12-20(13-17-3-2-8-23-17)5-4-19-6-9-22-10-7-19/h2-3,8,11,14H,4-7,9-10,12-13H2,1H3. The van der Waals surface area contributed by atoms with Crippen molar-refractivity contribution in [2.24, 2.45) is 0 Å². The van der Waals surface area contributed by atoms with Crippen molar-refractivity contribution in [1.82, 2.24) is 9.80 Å². The van der Waals surface area contributed by atoms with Crippen LogP contribution in [0.2, 0.25) is 0 Å². The van der Waals surface area contributed by atoms with Crippen LogP contribution in [0.1, 0.15) is 27.9 Å².